The monoisotopic (exact) mass is 1370 g/mol. The molecule has 0 radical (unpaired) electrons. The number of hydrogen-bond donors (Lipinski definition) is 9. The summed E-state index contributed by atoms with van der Waals surface area (Å²) in [6.45, 7) is 2.82. The first kappa shape index (κ1) is 91.0. The first-order valence-electron chi connectivity index (χ1n) is 41.4. The highest BCUT2D eigenvalue weighted by Gasteiger charge is 2.51. The van der Waals surface area contributed by atoms with Crippen molar-refractivity contribution >= 4 is 5.91 Å². The number of nitrogens with one attached hydrogen (secondary N) is 1. The van der Waals surface area contributed by atoms with E-state index in [0.29, 0.717) is 12.8 Å². The van der Waals surface area contributed by atoms with E-state index < -0.39 is 86.8 Å². The Morgan fingerprint density at radius 1 is 0.381 bits per heavy atom. The molecule has 0 bridgehead atoms. The van der Waals surface area contributed by atoms with Crippen molar-refractivity contribution in [2.75, 3.05) is 19.8 Å². The molecule has 1 amide bonds. The maximum Gasteiger partial charge on any atom is 0.220 e. The van der Waals surface area contributed by atoms with Crippen molar-refractivity contribution in [2.24, 2.45) is 0 Å². The summed E-state index contributed by atoms with van der Waals surface area (Å²) >= 11 is 0. The summed E-state index contributed by atoms with van der Waals surface area (Å²) in [5.74, 6) is -0.198. The fraction of sp³-hybridized carbons (Fsp3) is 0.892. The van der Waals surface area contributed by atoms with Gasteiger partial charge in [0, 0.05) is 6.42 Å². The maximum absolute atomic E-state index is 13.4. The SMILES string of the molecule is CC/C=C\C/C=C\C/C=C\C/C=C\CCCCCCCCCCCCCCCCCCCCCCCCC(=O)NC(COC1OC(CO)C(OC2OC(CO)C(O)C(O)C2O)C(O)C1O)C(O)CCCCCCCCCCCCCCCCCCCCCCCCCCCCCC. The van der Waals surface area contributed by atoms with E-state index in [9.17, 15) is 45.6 Å². The Labute approximate surface area is 594 Å². The highest BCUT2D eigenvalue weighted by atomic mass is 16.7. The second-order valence-corrected chi connectivity index (χ2v) is 29.2. The molecule has 14 nitrogen and oxygen atoms in total. The maximum atomic E-state index is 13.4. The van der Waals surface area contributed by atoms with Crippen LogP contribution in [0.15, 0.2) is 48.6 Å². The topological polar surface area (TPSA) is 228 Å². The highest BCUT2D eigenvalue weighted by Crippen LogP contribution is 2.31. The third-order valence-electron chi connectivity index (χ3n) is 20.3. The van der Waals surface area contributed by atoms with Crippen molar-refractivity contribution in [2.45, 2.75) is 453 Å². The molecule has 2 rings (SSSR count). The minimum absolute atomic E-state index is 0.198. The van der Waals surface area contributed by atoms with Gasteiger partial charge >= 0.3 is 0 Å². The molecule has 0 aromatic heterocycles. The number of rotatable bonds is 70. The van der Waals surface area contributed by atoms with Gasteiger partial charge in [0.2, 0.25) is 5.91 Å². The molecule has 9 N–H and O–H groups in total. The molecule has 570 valence electrons. The third-order valence-corrected chi connectivity index (χ3v) is 20.3. The number of allylic oxidation sites excluding steroid dienone is 8. The minimum Gasteiger partial charge on any atom is -0.394 e. The fourth-order valence-corrected chi connectivity index (χ4v) is 13.8. The van der Waals surface area contributed by atoms with Crippen LogP contribution in [0.5, 0.6) is 0 Å². The van der Waals surface area contributed by atoms with E-state index in [2.05, 4.69) is 67.8 Å². The van der Waals surface area contributed by atoms with Crippen LogP contribution in [-0.4, -0.2) is 140 Å². The minimum atomic E-state index is -1.78. The van der Waals surface area contributed by atoms with E-state index in [0.717, 1.165) is 77.0 Å². The van der Waals surface area contributed by atoms with Crippen molar-refractivity contribution in [1.29, 1.82) is 0 Å². The lowest BCUT2D eigenvalue weighted by atomic mass is 9.97. The fourth-order valence-electron chi connectivity index (χ4n) is 13.8. The number of hydrogen-bond acceptors (Lipinski definition) is 13. The summed E-state index contributed by atoms with van der Waals surface area (Å²) in [4.78, 5) is 13.4. The molecule has 0 spiro atoms. The van der Waals surface area contributed by atoms with Crippen LogP contribution in [0.25, 0.3) is 0 Å². The van der Waals surface area contributed by atoms with Crippen molar-refractivity contribution in [1.82, 2.24) is 5.32 Å². The molecule has 97 heavy (non-hydrogen) atoms. The van der Waals surface area contributed by atoms with Gasteiger partial charge in [0.15, 0.2) is 12.6 Å². The Bertz CT molecular complexity index is 1810. The summed E-state index contributed by atoms with van der Waals surface area (Å²) < 4.78 is 23.0. The summed E-state index contributed by atoms with van der Waals surface area (Å²) in [6, 6.07) is -0.830. The predicted octanol–water partition coefficient (Wildman–Crippen LogP) is 19.0. The third kappa shape index (κ3) is 50.1. The van der Waals surface area contributed by atoms with E-state index in [4.69, 9.17) is 18.9 Å². The first-order valence-corrected chi connectivity index (χ1v) is 41.4. The Balaban J connectivity index is 1.58. The normalized spacial score (nSPS) is 22.3. The summed E-state index contributed by atoms with van der Waals surface area (Å²) in [5.41, 5.74) is 0. The molecule has 12 atom stereocenters. The summed E-state index contributed by atoms with van der Waals surface area (Å²) in [5, 5.41) is 87.9. The van der Waals surface area contributed by atoms with Crippen LogP contribution in [0.2, 0.25) is 0 Å². The van der Waals surface area contributed by atoms with Crippen LogP contribution in [0.4, 0.5) is 0 Å². The number of amides is 1. The quantitative estimate of drug-likeness (QED) is 0.0204. The van der Waals surface area contributed by atoms with Crippen LogP contribution < -0.4 is 5.32 Å². The number of ether oxygens (including phenoxy) is 4. The lowest BCUT2D eigenvalue weighted by Gasteiger charge is -2.46. The van der Waals surface area contributed by atoms with Crippen LogP contribution in [0, 0.1) is 0 Å². The zero-order chi connectivity index (χ0) is 70.1. The Morgan fingerprint density at radius 3 is 1.09 bits per heavy atom. The summed E-state index contributed by atoms with van der Waals surface area (Å²) in [7, 11) is 0. The second kappa shape index (κ2) is 67.1. The zero-order valence-corrected chi connectivity index (χ0v) is 62.6. The average Bonchev–Trinajstić information content (AvgIpc) is 0.793. The summed E-state index contributed by atoms with van der Waals surface area (Å²) in [6.07, 6.45) is 73.0. The molecule has 2 heterocycles. The zero-order valence-electron chi connectivity index (χ0n) is 62.6. The number of unbranched alkanes of at least 4 members (excludes halogenated alkanes) is 49. The molecule has 0 aromatic carbocycles. The molecular weight excluding hydrogens is 1220 g/mol. The van der Waals surface area contributed by atoms with Gasteiger partial charge in [-0.1, -0.05) is 371 Å². The van der Waals surface area contributed by atoms with E-state index in [1.54, 1.807) is 0 Å². The van der Waals surface area contributed by atoms with Gasteiger partial charge in [-0.3, -0.25) is 4.79 Å². The van der Waals surface area contributed by atoms with E-state index in [-0.39, 0.29) is 12.5 Å². The molecule has 2 aliphatic rings. The van der Waals surface area contributed by atoms with Crippen molar-refractivity contribution in [3.63, 3.8) is 0 Å². The van der Waals surface area contributed by atoms with Crippen LogP contribution in [0.3, 0.4) is 0 Å². The smallest absolute Gasteiger partial charge is 0.220 e. The molecule has 14 heteroatoms. The Kier molecular flexibility index (Phi) is 63.0. The van der Waals surface area contributed by atoms with Crippen molar-refractivity contribution in [3.8, 4) is 0 Å². The number of aliphatic hydroxyl groups excluding tert-OH is 8. The van der Waals surface area contributed by atoms with Gasteiger partial charge in [0.25, 0.3) is 0 Å². The standard InChI is InChI=1S/C83H155NO13/c1-3-5-7-9-11-13-15-17-19-21-23-25-27-29-31-33-34-35-36-37-38-39-41-43-45-47-49-51-53-55-57-59-61-63-65-67-75(88)84-71(70-94-82-80(93)78(91)81(74(69-86)96-82)97-83-79(92)77(90)76(89)73(68-85)95-83)72(87)66-64-62-60-58-56-54-52-50-48-46-44-42-40-32-30-28-26-24-22-20-18-16-14-12-10-8-6-4-2/h5,7,11,13,17,19,23,25,71-74,76-83,85-87,89-93H,3-4,6,8-10,12,14-16,18,20-22,24,26-70H2,1-2H3,(H,84,88)/b7-5-,13-11-,19-17-,25-23-. The highest BCUT2D eigenvalue weighted by molar-refractivity contribution is 5.76. The molecular formula is C83H155NO13. The lowest BCUT2D eigenvalue weighted by molar-refractivity contribution is -0.359. The molecule has 0 saturated carbocycles. The lowest BCUT2D eigenvalue weighted by Crippen LogP contribution is -2.65. The molecule has 2 fully saturated rings. The van der Waals surface area contributed by atoms with Gasteiger partial charge in [0.05, 0.1) is 32.0 Å². The van der Waals surface area contributed by atoms with Gasteiger partial charge in [-0.2, -0.15) is 0 Å². The van der Waals surface area contributed by atoms with Gasteiger partial charge in [-0.25, -0.2) is 0 Å². The van der Waals surface area contributed by atoms with Gasteiger partial charge < -0.3 is 65.1 Å². The predicted molar refractivity (Wildman–Crippen MR) is 401 cm³/mol. The number of carbonyl (C=O) groups excluding carboxylic acids is 1. The van der Waals surface area contributed by atoms with E-state index >= 15 is 0 Å². The molecule has 0 aromatic rings. The van der Waals surface area contributed by atoms with Gasteiger partial charge in [-0.05, 0) is 51.4 Å². The number of aliphatic hydroxyl groups is 8. The number of carbonyl (C=O) groups is 1. The second-order valence-electron chi connectivity index (χ2n) is 29.2. The van der Waals surface area contributed by atoms with Gasteiger partial charge in [0.1, 0.15) is 48.8 Å². The van der Waals surface area contributed by atoms with Crippen molar-refractivity contribution in [3.05, 3.63) is 48.6 Å². The van der Waals surface area contributed by atoms with E-state index in [1.807, 2.05) is 0 Å². The largest absolute Gasteiger partial charge is 0.394 e. The molecule has 2 saturated heterocycles. The van der Waals surface area contributed by atoms with Crippen LogP contribution in [-0.2, 0) is 23.7 Å². The molecule has 2 aliphatic heterocycles. The molecule has 12 unspecified atom stereocenters. The Morgan fingerprint density at radius 2 is 0.711 bits per heavy atom. The Hall–Kier alpha value is -2.05. The average molecular weight is 1380 g/mol. The van der Waals surface area contributed by atoms with E-state index in [1.165, 1.54) is 276 Å². The van der Waals surface area contributed by atoms with Crippen molar-refractivity contribution < 1.29 is 64.6 Å². The molecule has 0 aliphatic carbocycles. The van der Waals surface area contributed by atoms with Gasteiger partial charge in [-0.15, -0.1) is 0 Å². The van der Waals surface area contributed by atoms with Crippen LogP contribution in [0.1, 0.15) is 380 Å². The first-order chi connectivity index (χ1) is 47.6. The van der Waals surface area contributed by atoms with Crippen LogP contribution >= 0.6 is 0 Å².